The van der Waals surface area contributed by atoms with Gasteiger partial charge in [-0.2, -0.15) is 0 Å². The number of methoxy groups -OCH3 is 2. The van der Waals surface area contributed by atoms with E-state index < -0.39 is 0 Å². The molecule has 2 rings (SSSR count). The second-order valence-corrected chi connectivity index (χ2v) is 6.91. The summed E-state index contributed by atoms with van der Waals surface area (Å²) in [5.74, 6) is -0.374. The zero-order valence-electron chi connectivity index (χ0n) is 16.3. The summed E-state index contributed by atoms with van der Waals surface area (Å²) in [4.78, 5) is 26.4. The summed E-state index contributed by atoms with van der Waals surface area (Å²) < 4.78 is 10.1. The maximum Gasteiger partial charge on any atom is 0.309 e. The van der Waals surface area contributed by atoms with E-state index in [1.165, 1.54) is 14.2 Å². The first-order chi connectivity index (χ1) is 13.4. The molecule has 0 spiro atoms. The van der Waals surface area contributed by atoms with Crippen molar-refractivity contribution in [3.8, 4) is 5.75 Å². The lowest BCUT2D eigenvalue weighted by Gasteiger charge is -2.24. The van der Waals surface area contributed by atoms with Gasteiger partial charge in [-0.15, -0.1) is 0 Å². The van der Waals surface area contributed by atoms with Gasteiger partial charge < -0.3 is 14.8 Å². The van der Waals surface area contributed by atoms with Gasteiger partial charge in [0.05, 0.1) is 32.4 Å². The number of esters is 1. The molecular weight excluding hydrogens is 380 g/mol. The van der Waals surface area contributed by atoms with Gasteiger partial charge in [-0.3, -0.25) is 14.5 Å². The highest BCUT2D eigenvalue weighted by atomic mass is 35.5. The molecule has 0 aromatic heterocycles. The molecule has 0 fully saturated rings. The molecule has 28 heavy (non-hydrogen) atoms. The molecule has 0 radical (unpaired) electrons. The molecule has 0 bridgehead atoms. The van der Waals surface area contributed by atoms with Crippen molar-refractivity contribution >= 4 is 29.2 Å². The molecule has 1 amide bonds. The smallest absolute Gasteiger partial charge is 0.309 e. The van der Waals surface area contributed by atoms with E-state index in [0.29, 0.717) is 29.5 Å². The van der Waals surface area contributed by atoms with Crippen molar-refractivity contribution in [2.75, 3.05) is 32.6 Å². The Morgan fingerprint density at radius 3 is 2.50 bits per heavy atom. The van der Waals surface area contributed by atoms with Crippen molar-refractivity contribution in [1.29, 1.82) is 0 Å². The number of nitrogens with one attached hydrogen (secondary N) is 1. The minimum Gasteiger partial charge on any atom is -0.495 e. The van der Waals surface area contributed by atoms with Gasteiger partial charge in [0, 0.05) is 18.1 Å². The monoisotopic (exact) mass is 404 g/mol. The highest BCUT2D eigenvalue weighted by molar-refractivity contribution is 6.31. The number of anilines is 1. The number of nitrogens with zero attached hydrogens (tertiary/aromatic N) is 1. The van der Waals surface area contributed by atoms with Gasteiger partial charge in [0.25, 0.3) is 0 Å². The standard InChI is InChI=1S/C21H25ClN2O4/c1-15(21(26)28-3)12-24(13-16-7-5-4-6-8-16)14-20(25)23-18-11-17(22)9-10-19(18)27-2/h4-11,15H,12-14H2,1-3H3,(H,23,25). The molecule has 2 aromatic rings. The number of carbonyl (C=O) groups is 2. The molecule has 1 unspecified atom stereocenters. The molecule has 1 atom stereocenters. The predicted octanol–water partition coefficient (Wildman–Crippen LogP) is 3.60. The maximum absolute atomic E-state index is 12.6. The van der Waals surface area contributed by atoms with E-state index in [2.05, 4.69) is 5.32 Å². The van der Waals surface area contributed by atoms with Gasteiger partial charge in [-0.1, -0.05) is 48.9 Å². The molecule has 0 saturated carbocycles. The summed E-state index contributed by atoms with van der Waals surface area (Å²) in [6, 6.07) is 14.8. The Bertz CT molecular complexity index is 798. The third-order valence-electron chi connectivity index (χ3n) is 4.19. The highest BCUT2D eigenvalue weighted by Gasteiger charge is 2.20. The quantitative estimate of drug-likeness (QED) is 0.647. The van der Waals surface area contributed by atoms with Crippen LogP contribution in [-0.2, 0) is 20.9 Å². The average Bonchev–Trinajstić information content (AvgIpc) is 2.68. The van der Waals surface area contributed by atoms with Crippen LogP contribution in [0, 0.1) is 5.92 Å². The second kappa shape index (κ2) is 10.7. The van der Waals surface area contributed by atoms with E-state index in [9.17, 15) is 9.59 Å². The van der Waals surface area contributed by atoms with Crippen LogP contribution in [-0.4, -0.2) is 44.1 Å². The number of rotatable bonds is 9. The van der Waals surface area contributed by atoms with Gasteiger partial charge in [0.2, 0.25) is 5.91 Å². The summed E-state index contributed by atoms with van der Waals surface area (Å²) >= 11 is 6.02. The Balaban J connectivity index is 2.10. The van der Waals surface area contributed by atoms with E-state index in [0.717, 1.165) is 5.56 Å². The number of halogens is 1. The van der Waals surface area contributed by atoms with E-state index in [-0.39, 0.29) is 24.3 Å². The van der Waals surface area contributed by atoms with Crippen LogP contribution >= 0.6 is 11.6 Å². The van der Waals surface area contributed by atoms with Crippen molar-refractivity contribution in [3.05, 3.63) is 59.1 Å². The van der Waals surface area contributed by atoms with Crippen LogP contribution in [0.25, 0.3) is 0 Å². The van der Waals surface area contributed by atoms with Gasteiger partial charge in [-0.05, 0) is 23.8 Å². The molecule has 0 heterocycles. The SMILES string of the molecule is COC(=O)C(C)CN(CC(=O)Nc1cc(Cl)ccc1OC)Cc1ccccc1. The Kier molecular flexibility index (Phi) is 8.29. The minimum atomic E-state index is -0.359. The zero-order chi connectivity index (χ0) is 20.5. The molecule has 0 aliphatic rings. The average molecular weight is 405 g/mol. The number of hydrogen-bond acceptors (Lipinski definition) is 5. The van der Waals surface area contributed by atoms with Crippen molar-refractivity contribution < 1.29 is 19.1 Å². The first-order valence-electron chi connectivity index (χ1n) is 8.90. The summed E-state index contributed by atoms with van der Waals surface area (Å²) in [6.07, 6.45) is 0. The van der Waals surface area contributed by atoms with Gasteiger partial charge in [-0.25, -0.2) is 0 Å². The largest absolute Gasteiger partial charge is 0.495 e. The predicted molar refractivity (Wildman–Crippen MR) is 110 cm³/mol. The van der Waals surface area contributed by atoms with Crippen molar-refractivity contribution in [3.63, 3.8) is 0 Å². The van der Waals surface area contributed by atoms with Crippen molar-refractivity contribution in [2.24, 2.45) is 5.92 Å². The lowest BCUT2D eigenvalue weighted by molar-refractivity contribution is -0.145. The fraction of sp³-hybridized carbons (Fsp3) is 0.333. The fourth-order valence-corrected chi connectivity index (χ4v) is 3.03. The summed E-state index contributed by atoms with van der Waals surface area (Å²) in [5.41, 5.74) is 1.55. The van der Waals surface area contributed by atoms with Crippen molar-refractivity contribution in [1.82, 2.24) is 4.90 Å². The van der Waals surface area contributed by atoms with Crippen LogP contribution in [0.4, 0.5) is 5.69 Å². The summed E-state index contributed by atoms with van der Waals surface area (Å²) in [7, 11) is 2.89. The van der Waals surface area contributed by atoms with E-state index in [1.807, 2.05) is 35.2 Å². The van der Waals surface area contributed by atoms with Gasteiger partial charge in [0.15, 0.2) is 0 Å². The van der Waals surface area contributed by atoms with Crippen LogP contribution in [0.5, 0.6) is 5.75 Å². The topological polar surface area (TPSA) is 67.9 Å². The lowest BCUT2D eigenvalue weighted by Crippen LogP contribution is -2.37. The summed E-state index contributed by atoms with van der Waals surface area (Å²) in [5, 5.41) is 3.33. The van der Waals surface area contributed by atoms with E-state index >= 15 is 0 Å². The molecule has 0 aliphatic carbocycles. The first-order valence-corrected chi connectivity index (χ1v) is 9.28. The molecule has 1 N–H and O–H groups in total. The van der Waals surface area contributed by atoms with Crippen LogP contribution in [0.1, 0.15) is 12.5 Å². The Morgan fingerprint density at radius 1 is 1.14 bits per heavy atom. The first kappa shape index (κ1) is 21.7. The summed E-state index contributed by atoms with van der Waals surface area (Å²) in [6.45, 7) is 2.80. The minimum absolute atomic E-state index is 0.103. The molecule has 0 aliphatic heterocycles. The zero-order valence-corrected chi connectivity index (χ0v) is 17.0. The molecule has 150 valence electrons. The normalized spacial score (nSPS) is 11.8. The van der Waals surface area contributed by atoms with Gasteiger partial charge in [0.1, 0.15) is 5.75 Å². The van der Waals surface area contributed by atoms with E-state index in [4.69, 9.17) is 21.1 Å². The Morgan fingerprint density at radius 2 is 1.86 bits per heavy atom. The number of benzene rings is 2. The molecule has 6 nitrogen and oxygen atoms in total. The molecule has 0 saturated heterocycles. The third-order valence-corrected chi connectivity index (χ3v) is 4.42. The molecular formula is C21H25ClN2O4. The van der Waals surface area contributed by atoms with Gasteiger partial charge >= 0.3 is 5.97 Å². The van der Waals surface area contributed by atoms with Crippen LogP contribution in [0.15, 0.2) is 48.5 Å². The van der Waals surface area contributed by atoms with E-state index in [1.54, 1.807) is 25.1 Å². The fourth-order valence-electron chi connectivity index (χ4n) is 2.86. The van der Waals surface area contributed by atoms with Crippen LogP contribution in [0.3, 0.4) is 0 Å². The second-order valence-electron chi connectivity index (χ2n) is 6.47. The Labute approximate surface area is 170 Å². The molecule has 7 heteroatoms. The number of hydrogen-bond donors (Lipinski definition) is 1. The third kappa shape index (κ3) is 6.55. The van der Waals surface area contributed by atoms with Crippen LogP contribution < -0.4 is 10.1 Å². The lowest BCUT2D eigenvalue weighted by atomic mass is 10.1. The number of ether oxygens (including phenoxy) is 2. The highest BCUT2D eigenvalue weighted by Crippen LogP contribution is 2.27. The van der Waals surface area contributed by atoms with Crippen molar-refractivity contribution in [2.45, 2.75) is 13.5 Å². The molecule has 2 aromatic carbocycles. The Hall–Kier alpha value is -2.57. The number of amides is 1. The van der Waals surface area contributed by atoms with Crippen LogP contribution in [0.2, 0.25) is 5.02 Å². The number of carbonyl (C=O) groups excluding carboxylic acids is 2. The maximum atomic E-state index is 12.6.